The van der Waals surface area contributed by atoms with Crippen LogP contribution in [0.2, 0.25) is 0 Å². The lowest BCUT2D eigenvalue weighted by atomic mass is 9.86. The van der Waals surface area contributed by atoms with Crippen molar-refractivity contribution in [1.29, 1.82) is 0 Å². The van der Waals surface area contributed by atoms with Gasteiger partial charge in [-0.25, -0.2) is 8.42 Å². The summed E-state index contributed by atoms with van der Waals surface area (Å²) in [5.41, 5.74) is 1.17. The Balaban J connectivity index is 1.51. The molecule has 4 rings (SSSR count). The van der Waals surface area contributed by atoms with Crippen LogP contribution in [-0.2, 0) is 31.6 Å². The van der Waals surface area contributed by atoms with Gasteiger partial charge in [0.2, 0.25) is 21.8 Å². The second-order valence-electron chi connectivity index (χ2n) is 9.93. The number of carbonyl (C=O) groups excluding carboxylic acids is 2. The van der Waals surface area contributed by atoms with Gasteiger partial charge >= 0.3 is 0 Å². The molecule has 9 heteroatoms. The fraction of sp³-hybridized carbons (Fsp3) is 0.462. The highest BCUT2D eigenvalue weighted by atomic mass is 32.2. The fourth-order valence-corrected chi connectivity index (χ4v) is 6.41. The number of hydrogen-bond acceptors (Lipinski definition) is 5. The maximum absolute atomic E-state index is 13.3. The highest BCUT2D eigenvalue weighted by Gasteiger charge is 2.45. The SMILES string of the molecule is COc1ccc(CNC(=O)CN2C(=O)C(C)(C)c3cc(S(=O)(=O)N4CCC[C@H](C)C4)ccc32)cc1. The number of hydrogen-bond donors (Lipinski definition) is 1. The third-order valence-electron chi connectivity index (χ3n) is 6.92. The van der Waals surface area contributed by atoms with Gasteiger partial charge in [-0.05, 0) is 74.1 Å². The van der Waals surface area contributed by atoms with Gasteiger partial charge in [-0.3, -0.25) is 9.59 Å². The number of rotatable bonds is 7. The molecule has 0 aromatic heterocycles. The van der Waals surface area contributed by atoms with E-state index in [-0.39, 0.29) is 23.3 Å². The number of benzene rings is 2. The van der Waals surface area contributed by atoms with Crippen molar-refractivity contribution in [2.45, 2.75) is 50.5 Å². The van der Waals surface area contributed by atoms with Crippen molar-refractivity contribution >= 4 is 27.5 Å². The molecule has 0 aliphatic carbocycles. The molecule has 0 radical (unpaired) electrons. The van der Waals surface area contributed by atoms with Crippen molar-refractivity contribution in [2.24, 2.45) is 5.92 Å². The summed E-state index contributed by atoms with van der Waals surface area (Å²) < 4.78 is 33.3. The maximum atomic E-state index is 13.3. The molecule has 0 unspecified atom stereocenters. The zero-order chi connectivity index (χ0) is 25.4. The Morgan fingerprint density at radius 2 is 1.89 bits per heavy atom. The highest BCUT2D eigenvalue weighted by molar-refractivity contribution is 7.89. The third-order valence-corrected chi connectivity index (χ3v) is 8.78. The normalized spacial score (nSPS) is 19.9. The molecule has 2 aliphatic heterocycles. The molecule has 2 aromatic carbocycles. The minimum absolute atomic E-state index is 0.138. The molecule has 1 N–H and O–H groups in total. The van der Waals surface area contributed by atoms with Gasteiger partial charge in [0.25, 0.3) is 0 Å². The Morgan fingerprint density at radius 1 is 1.17 bits per heavy atom. The van der Waals surface area contributed by atoms with Crippen LogP contribution in [-0.4, -0.2) is 51.3 Å². The number of methoxy groups -OCH3 is 1. The van der Waals surface area contributed by atoms with Crippen LogP contribution in [0.5, 0.6) is 5.75 Å². The first-order valence-corrected chi connectivity index (χ1v) is 13.3. The highest BCUT2D eigenvalue weighted by Crippen LogP contribution is 2.43. The van der Waals surface area contributed by atoms with Crippen molar-refractivity contribution in [1.82, 2.24) is 9.62 Å². The molecule has 2 amide bonds. The molecule has 8 nitrogen and oxygen atoms in total. The van der Waals surface area contributed by atoms with E-state index in [2.05, 4.69) is 12.2 Å². The number of sulfonamides is 1. The van der Waals surface area contributed by atoms with E-state index in [0.717, 1.165) is 24.2 Å². The summed E-state index contributed by atoms with van der Waals surface area (Å²) in [4.78, 5) is 27.6. The second kappa shape index (κ2) is 9.62. The molecule has 1 saturated heterocycles. The molecule has 1 atom stereocenters. The zero-order valence-electron chi connectivity index (χ0n) is 20.7. The number of ether oxygens (including phenoxy) is 1. The predicted molar refractivity (Wildman–Crippen MR) is 134 cm³/mol. The number of carbonyl (C=O) groups is 2. The molecule has 2 aliphatic rings. The van der Waals surface area contributed by atoms with E-state index in [0.29, 0.717) is 36.8 Å². The first-order valence-electron chi connectivity index (χ1n) is 11.9. The van der Waals surface area contributed by atoms with E-state index in [4.69, 9.17) is 4.74 Å². The largest absolute Gasteiger partial charge is 0.497 e. The summed E-state index contributed by atoms with van der Waals surface area (Å²) in [5.74, 6) is 0.528. The number of nitrogens with one attached hydrogen (secondary N) is 1. The van der Waals surface area contributed by atoms with Gasteiger partial charge in [0, 0.05) is 25.3 Å². The number of amides is 2. The Morgan fingerprint density at radius 3 is 2.54 bits per heavy atom. The van der Waals surface area contributed by atoms with Crippen molar-refractivity contribution in [2.75, 3.05) is 31.6 Å². The Labute approximate surface area is 207 Å². The minimum atomic E-state index is -3.65. The van der Waals surface area contributed by atoms with E-state index in [1.54, 1.807) is 39.2 Å². The van der Waals surface area contributed by atoms with Crippen LogP contribution >= 0.6 is 0 Å². The summed E-state index contributed by atoms with van der Waals surface area (Å²) in [5, 5.41) is 2.85. The van der Waals surface area contributed by atoms with Crippen LogP contribution in [0, 0.1) is 5.92 Å². The summed E-state index contributed by atoms with van der Waals surface area (Å²) in [6.07, 6.45) is 1.86. The lowest BCUT2D eigenvalue weighted by molar-refractivity contribution is -0.125. The standard InChI is InChI=1S/C26H33N3O5S/c1-18-6-5-13-28(16-18)35(32,33)21-11-12-23-22(14-21)26(2,3)25(31)29(23)17-24(30)27-15-19-7-9-20(34-4)10-8-19/h7-12,14,18H,5-6,13,15-17H2,1-4H3,(H,27,30)/t18-/m0/s1. The summed E-state index contributed by atoms with van der Waals surface area (Å²) in [7, 11) is -2.06. The summed E-state index contributed by atoms with van der Waals surface area (Å²) in [6.45, 7) is 6.79. The third kappa shape index (κ3) is 4.92. The van der Waals surface area contributed by atoms with Gasteiger partial charge < -0.3 is 15.0 Å². The van der Waals surface area contributed by atoms with Crippen LogP contribution in [0.4, 0.5) is 5.69 Å². The molecule has 2 aromatic rings. The molecule has 2 heterocycles. The number of fused-ring (bicyclic) bond motifs is 1. The van der Waals surface area contributed by atoms with Crippen LogP contribution in [0.25, 0.3) is 0 Å². The molecule has 1 fully saturated rings. The molecular weight excluding hydrogens is 466 g/mol. The lowest BCUT2D eigenvalue weighted by Crippen LogP contribution is -2.42. The van der Waals surface area contributed by atoms with E-state index < -0.39 is 15.4 Å². The zero-order valence-corrected chi connectivity index (χ0v) is 21.5. The van der Waals surface area contributed by atoms with Crippen molar-refractivity contribution in [3.05, 3.63) is 53.6 Å². The smallest absolute Gasteiger partial charge is 0.243 e. The average molecular weight is 500 g/mol. The number of piperidine rings is 1. The first-order chi connectivity index (χ1) is 16.5. The van der Waals surface area contributed by atoms with Crippen molar-refractivity contribution < 1.29 is 22.7 Å². The minimum Gasteiger partial charge on any atom is -0.497 e. The van der Waals surface area contributed by atoms with Crippen molar-refractivity contribution in [3.63, 3.8) is 0 Å². The number of anilines is 1. The quantitative estimate of drug-likeness (QED) is 0.632. The Kier molecular flexibility index (Phi) is 6.92. The van der Waals surface area contributed by atoms with Gasteiger partial charge in [0.15, 0.2) is 0 Å². The van der Waals surface area contributed by atoms with Gasteiger partial charge in [0.1, 0.15) is 12.3 Å². The predicted octanol–water partition coefficient (Wildman–Crippen LogP) is 3.06. The maximum Gasteiger partial charge on any atom is 0.243 e. The van der Waals surface area contributed by atoms with Gasteiger partial charge in [0.05, 0.1) is 17.4 Å². The average Bonchev–Trinajstić information content (AvgIpc) is 3.03. The van der Waals surface area contributed by atoms with E-state index in [9.17, 15) is 18.0 Å². The van der Waals surface area contributed by atoms with E-state index in [1.165, 1.54) is 9.21 Å². The van der Waals surface area contributed by atoms with Crippen LogP contribution in [0.3, 0.4) is 0 Å². The fourth-order valence-electron chi connectivity index (χ4n) is 4.79. The topological polar surface area (TPSA) is 96.0 Å². The Hall–Kier alpha value is -2.91. The molecule has 0 saturated carbocycles. The van der Waals surface area contributed by atoms with E-state index >= 15 is 0 Å². The molecule has 188 valence electrons. The van der Waals surface area contributed by atoms with E-state index in [1.807, 2.05) is 24.3 Å². The second-order valence-corrected chi connectivity index (χ2v) is 11.9. The summed E-state index contributed by atoms with van der Waals surface area (Å²) in [6, 6.07) is 12.2. The first kappa shape index (κ1) is 25.2. The molecular formula is C26H33N3O5S. The van der Waals surface area contributed by atoms with Crippen LogP contribution in [0.15, 0.2) is 47.4 Å². The van der Waals surface area contributed by atoms with Gasteiger partial charge in [-0.15, -0.1) is 0 Å². The summed E-state index contributed by atoms with van der Waals surface area (Å²) >= 11 is 0. The van der Waals surface area contributed by atoms with Crippen LogP contribution in [0.1, 0.15) is 44.7 Å². The van der Waals surface area contributed by atoms with Crippen LogP contribution < -0.4 is 15.0 Å². The van der Waals surface area contributed by atoms with Gasteiger partial charge in [-0.1, -0.05) is 19.1 Å². The monoisotopic (exact) mass is 499 g/mol. The molecule has 0 spiro atoms. The molecule has 0 bridgehead atoms. The lowest BCUT2D eigenvalue weighted by Gasteiger charge is -2.30. The Bertz CT molecular complexity index is 1220. The van der Waals surface area contributed by atoms with Gasteiger partial charge in [-0.2, -0.15) is 4.31 Å². The van der Waals surface area contributed by atoms with Crippen molar-refractivity contribution in [3.8, 4) is 5.75 Å². The number of nitrogens with zero attached hydrogens (tertiary/aromatic N) is 2. The molecule has 35 heavy (non-hydrogen) atoms.